The number of rotatable bonds is 4. The molecule has 1 atom stereocenters. The van der Waals surface area contributed by atoms with Crippen LogP contribution in [0, 0.1) is 0 Å². The summed E-state index contributed by atoms with van der Waals surface area (Å²) in [4.78, 5) is 1.42. The fourth-order valence-electron chi connectivity index (χ4n) is 2.16. The Morgan fingerprint density at radius 1 is 1.37 bits per heavy atom. The monoisotopic (exact) mass is 260 g/mol. The van der Waals surface area contributed by atoms with E-state index in [-0.39, 0.29) is 0 Å². The fraction of sp³-hybridized carbons (Fsp3) is 0.462. The van der Waals surface area contributed by atoms with E-state index < -0.39 is 0 Å². The van der Waals surface area contributed by atoms with Gasteiger partial charge in [0.2, 0.25) is 5.82 Å². The number of aryl methyl sites for hydroxylation is 1. The normalized spacial score (nSPS) is 18.7. The molecule has 0 aliphatic carbocycles. The van der Waals surface area contributed by atoms with Crippen molar-refractivity contribution in [2.75, 3.05) is 13.2 Å². The van der Waals surface area contributed by atoms with E-state index in [1.807, 2.05) is 12.1 Å². The van der Waals surface area contributed by atoms with Crippen LogP contribution in [0.5, 0.6) is 5.75 Å². The molecule has 0 saturated carbocycles. The zero-order valence-electron chi connectivity index (χ0n) is 10.8. The molecule has 0 bridgehead atoms. The molecule has 1 aromatic carbocycles. The smallest absolute Gasteiger partial charge is 0.212 e. The highest BCUT2D eigenvalue weighted by molar-refractivity contribution is 5.29. The van der Waals surface area contributed by atoms with Gasteiger partial charge in [-0.2, -0.15) is 4.80 Å². The number of ether oxygens (including phenoxy) is 2. The van der Waals surface area contributed by atoms with Crippen LogP contribution >= 0.6 is 0 Å². The van der Waals surface area contributed by atoms with Crippen molar-refractivity contribution in [3.8, 4) is 5.75 Å². The first-order chi connectivity index (χ1) is 9.31. The Bertz CT molecular complexity index is 532. The molecule has 6 nitrogen and oxygen atoms in total. The Balaban J connectivity index is 1.59. The van der Waals surface area contributed by atoms with E-state index in [0.717, 1.165) is 25.4 Å². The predicted octanol–water partition coefficient (Wildman–Crippen LogP) is 1.29. The zero-order valence-corrected chi connectivity index (χ0v) is 10.8. The second-order valence-corrected chi connectivity index (χ2v) is 4.61. The molecule has 0 radical (unpaired) electrons. The lowest BCUT2D eigenvalue weighted by molar-refractivity contribution is 0.194. The molecule has 1 aromatic heterocycles. The molecule has 0 spiro atoms. The number of aromatic nitrogens is 4. The lowest BCUT2D eigenvalue weighted by atomic mass is 9.99. The summed E-state index contributed by atoms with van der Waals surface area (Å²) in [7, 11) is 1.73. The average Bonchev–Trinajstić information content (AvgIpc) is 3.08. The second-order valence-electron chi connectivity index (χ2n) is 4.61. The molecule has 6 heteroatoms. The largest absolute Gasteiger partial charge is 0.485 e. The minimum atomic E-state index is 0.333. The number of hydrogen-bond donors (Lipinski definition) is 0. The molecule has 0 amide bonds. The molecule has 3 rings (SSSR count). The van der Waals surface area contributed by atoms with Crippen LogP contribution < -0.4 is 4.74 Å². The third-order valence-electron chi connectivity index (χ3n) is 3.20. The summed E-state index contributed by atoms with van der Waals surface area (Å²) < 4.78 is 11.0. The van der Waals surface area contributed by atoms with Crippen molar-refractivity contribution in [2.45, 2.75) is 18.9 Å². The second kappa shape index (κ2) is 5.36. The summed E-state index contributed by atoms with van der Waals surface area (Å²) in [6.07, 6.45) is 1.10. The maximum absolute atomic E-state index is 5.61. The summed E-state index contributed by atoms with van der Waals surface area (Å²) in [5, 5.41) is 11.7. The van der Waals surface area contributed by atoms with Crippen LogP contribution in [0.25, 0.3) is 0 Å². The fourth-order valence-corrected chi connectivity index (χ4v) is 2.16. The van der Waals surface area contributed by atoms with Crippen LogP contribution in [0.1, 0.15) is 23.7 Å². The standard InChI is InChI=1S/C13H16N4O2/c1-17-15-13(14-16-17)9-19-12-4-2-10(3-5-12)11-6-7-18-8-11/h2-5,11H,6-9H2,1H3. The summed E-state index contributed by atoms with van der Waals surface area (Å²) in [6.45, 7) is 2.02. The quantitative estimate of drug-likeness (QED) is 0.829. The third kappa shape index (κ3) is 2.90. The van der Waals surface area contributed by atoms with Crippen LogP contribution in [0.2, 0.25) is 0 Å². The molecule has 19 heavy (non-hydrogen) atoms. The van der Waals surface area contributed by atoms with Crippen LogP contribution in [-0.2, 0) is 18.4 Å². The number of tetrazole rings is 1. The number of benzene rings is 1. The average molecular weight is 260 g/mol. The van der Waals surface area contributed by atoms with Gasteiger partial charge in [-0.1, -0.05) is 12.1 Å². The summed E-state index contributed by atoms with van der Waals surface area (Å²) >= 11 is 0. The van der Waals surface area contributed by atoms with Crippen molar-refractivity contribution in [1.29, 1.82) is 0 Å². The zero-order chi connectivity index (χ0) is 13.1. The Kier molecular flexibility index (Phi) is 3.41. The SMILES string of the molecule is Cn1nnc(COc2ccc(C3CCOC3)cc2)n1. The predicted molar refractivity (Wildman–Crippen MR) is 67.7 cm³/mol. The molecular formula is C13H16N4O2. The van der Waals surface area contributed by atoms with E-state index in [1.165, 1.54) is 10.4 Å². The van der Waals surface area contributed by atoms with Gasteiger partial charge >= 0.3 is 0 Å². The number of nitrogens with zero attached hydrogens (tertiary/aromatic N) is 4. The molecule has 1 aliphatic rings. The van der Waals surface area contributed by atoms with Crippen molar-refractivity contribution >= 4 is 0 Å². The van der Waals surface area contributed by atoms with E-state index in [1.54, 1.807) is 7.05 Å². The van der Waals surface area contributed by atoms with E-state index in [4.69, 9.17) is 9.47 Å². The van der Waals surface area contributed by atoms with Crippen molar-refractivity contribution in [1.82, 2.24) is 20.2 Å². The van der Waals surface area contributed by atoms with E-state index in [0.29, 0.717) is 18.3 Å². The van der Waals surface area contributed by atoms with Crippen molar-refractivity contribution in [3.05, 3.63) is 35.7 Å². The van der Waals surface area contributed by atoms with Crippen LogP contribution in [-0.4, -0.2) is 33.4 Å². The number of hydrogen-bond acceptors (Lipinski definition) is 5. The molecule has 2 aromatic rings. The van der Waals surface area contributed by atoms with Gasteiger partial charge in [0, 0.05) is 12.5 Å². The van der Waals surface area contributed by atoms with Crippen molar-refractivity contribution < 1.29 is 9.47 Å². The lowest BCUT2D eigenvalue weighted by Gasteiger charge is -2.09. The molecule has 100 valence electrons. The first kappa shape index (κ1) is 12.1. The van der Waals surface area contributed by atoms with Gasteiger partial charge in [0.25, 0.3) is 0 Å². The van der Waals surface area contributed by atoms with Crippen molar-refractivity contribution in [2.24, 2.45) is 7.05 Å². The van der Waals surface area contributed by atoms with Gasteiger partial charge in [0.15, 0.2) is 6.61 Å². The molecule has 1 saturated heterocycles. The van der Waals surface area contributed by atoms with Gasteiger partial charge in [-0.25, -0.2) is 0 Å². The van der Waals surface area contributed by atoms with Crippen LogP contribution in [0.3, 0.4) is 0 Å². The topological polar surface area (TPSA) is 62.1 Å². The molecule has 2 heterocycles. The first-order valence-corrected chi connectivity index (χ1v) is 6.34. The van der Waals surface area contributed by atoms with Gasteiger partial charge in [0.1, 0.15) is 5.75 Å². The third-order valence-corrected chi connectivity index (χ3v) is 3.20. The Morgan fingerprint density at radius 3 is 2.84 bits per heavy atom. The molecule has 1 unspecified atom stereocenters. The van der Waals surface area contributed by atoms with Crippen LogP contribution in [0.15, 0.2) is 24.3 Å². The van der Waals surface area contributed by atoms with Gasteiger partial charge < -0.3 is 9.47 Å². The van der Waals surface area contributed by atoms with Crippen molar-refractivity contribution in [3.63, 3.8) is 0 Å². The van der Waals surface area contributed by atoms with Gasteiger partial charge in [-0.3, -0.25) is 0 Å². The molecule has 1 fully saturated rings. The van der Waals surface area contributed by atoms with Gasteiger partial charge in [0.05, 0.1) is 13.7 Å². The first-order valence-electron chi connectivity index (χ1n) is 6.34. The molecule has 0 N–H and O–H groups in total. The minimum Gasteiger partial charge on any atom is -0.485 e. The highest BCUT2D eigenvalue weighted by atomic mass is 16.5. The molecule has 1 aliphatic heterocycles. The Morgan fingerprint density at radius 2 is 2.21 bits per heavy atom. The van der Waals surface area contributed by atoms with E-state index >= 15 is 0 Å². The summed E-state index contributed by atoms with van der Waals surface area (Å²) in [6, 6.07) is 8.14. The summed E-state index contributed by atoms with van der Waals surface area (Å²) in [5.74, 6) is 1.92. The highest BCUT2D eigenvalue weighted by Crippen LogP contribution is 2.26. The maximum Gasteiger partial charge on any atom is 0.212 e. The van der Waals surface area contributed by atoms with Gasteiger partial charge in [-0.15, -0.1) is 10.2 Å². The van der Waals surface area contributed by atoms with Crippen LogP contribution in [0.4, 0.5) is 0 Å². The van der Waals surface area contributed by atoms with E-state index in [2.05, 4.69) is 27.5 Å². The summed E-state index contributed by atoms with van der Waals surface area (Å²) in [5.41, 5.74) is 1.31. The molecular weight excluding hydrogens is 244 g/mol. The lowest BCUT2D eigenvalue weighted by Crippen LogP contribution is -2.00. The van der Waals surface area contributed by atoms with Gasteiger partial charge in [-0.05, 0) is 29.3 Å². The Hall–Kier alpha value is -1.95. The highest BCUT2D eigenvalue weighted by Gasteiger charge is 2.17. The minimum absolute atomic E-state index is 0.333. The Labute approximate surface area is 111 Å². The van der Waals surface area contributed by atoms with E-state index in [9.17, 15) is 0 Å². The maximum atomic E-state index is 5.61.